The van der Waals surface area contributed by atoms with Gasteiger partial charge in [0.15, 0.2) is 0 Å². The van der Waals surface area contributed by atoms with Crippen molar-refractivity contribution in [3.63, 3.8) is 0 Å². The molecule has 2 nitrogen and oxygen atoms in total. The van der Waals surface area contributed by atoms with E-state index in [9.17, 15) is 0 Å². The van der Waals surface area contributed by atoms with Crippen LogP contribution in [0.5, 0.6) is 0 Å². The van der Waals surface area contributed by atoms with Crippen molar-refractivity contribution in [2.75, 3.05) is 13.1 Å². The van der Waals surface area contributed by atoms with Gasteiger partial charge in [0.2, 0.25) is 0 Å². The number of benzene rings is 1. The van der Waals surface area contributed by atoms with Crippen LogP contribution in [0.2, 0.25) is 0 Å². The van der Waals surface area contributed by atoms with Gasteiger partial charge < -0.3 is 5.73 Å². The number of hydrogen-bond acceptors (Lipinski definition) is 2. The summed E-state index contributed by atoms with van der Waals surface area (Å²) in [5.41, 5.74) is 10.6. The molecule has 1 saturated heterocycles. The molecular weight excluding hydrogens is 232 g/mol. The fraction of sp³-hybridized carbons (Fsp3) is 0.647. The highest BCUT2D eigenvalue weighted by Gasteiger charge is 2.32. The van der Waals surface area contributed by atoms with Gasteiger partial charge in [-0.2, -0.15) is 0 Å². The second-order valence-electron chi connectivity index (χ2n) is 6.58. The largest absolute Gasteiger partial charge is 0.327 e. The Morgan fingerprint density at radius 3 is 2.53 bits per heavy atom. The number of aryl methyl sites for hydroxylation is 2. The normalized spacial score (nSPS) is 29.2. The summed E-state index contributed by atoms with van der Waals surface area (Å²) in [6, 6.07) is 8.11. The Morgan fingerprint density at radius 2 is 1.89 bits per heavy atom. The molecule has 0 amide bonds. The highest BCUT2D eigenvalue weighted by molar-refractivity contribution is 5.32. The zero-order chi connectivity index (χ0) is 13.4. The van der Waals surface area contributed by atoms with Gasteiger partial charge in [0.25, 0.3) is 0 Å². The fourth-order valence-corrected chi connectivity index (χ4v) is 3.48. The molecule has 2 aliphatic rings. The van der Waals surface area contributed by atoms with E-state index >= 15 is 0 Å². The third kappa shape index (κ3) is 2.70. The average Bonchev–Trinajstić information content (AvgIpc) is 2.29. The molecule has 0 radical (unpaired) electrons. The van der Waals surface area contributed by atoms with Gasteiger partial charge in [0, 0.05) is 25.2 Å². The van der Waals surface area contributed by atoms with Crippen molar-refractivity contribution in [2.24, 2.45) is 5.73 Å². The SMILES string of the molecule is Cc1ccc(C2CC(N)CN(C3CCC3)C2)cc1C. The fourth-order valence-electron chi connectivity index (χ4n) is 3.48. The molecule has 2 N–H and O–H groups in total. The van der Waals surface area contributed by atoms with Crippen LogP contribution in [0.15, 0.2) is 18.2 Å². The lowest BCUT2D eigenvalue weighted by Gasteiger charge is -2.44. The van der Waals surface area contributed by atoms with Gasteiger partial charge in [-0.25, -0.2) is 0 Å². The molecule has 0 spiro atoms. The zero-order valence-corrected chi connectivity index (χ0v) is 12.2. The molecule has 1 saturated carbocycles. The van der Waals surface area contributed by atoms with Crippen LogP contribution < -0.4 is 5.73 Å². The van der Waals surface area contributed by atoms with E-state index in [0.717, 1.165) is 19.0 Å². The van der Waals surface area contributed by atoms with Crippen molar-refractivity contribution in [1.82, 2.24) is 4.90 Å². The van der Waals surface area contributed by atoms with E-state index < -0.39 is 0 Å². The first-order valence-corrected chi connectivity index (χ1v) is 7.70. The lowest BCUT2D eigenvalue weighted by molar-refractivity contribution is 0.0848. The van der Waals surface area contributed by atoms with Gasteiger partial charge in [-0.1, -0.05) is 24.6 Å². The molecule has 1 aromatic rings. The summed E-state index contributed by atoms with van der Waals surface area (Å²) in [7, 11) is 0. The minimum absolute atomic E-state index is 0.348. The molecule has 0 bridgehead atoms. The first-order chi connectivity index (χ1) is 9.13. The second-order valence-corrected chi connectivity index (χ2v) is 6.58. The van der Waals surface area contributed by atoms with E-state index in [1.165, 1.54) is 42.5 Å². The third-order valence-corrected chi connectivity index (χ3v) is 5.10. The van der Waals surface area contributed by atoms with Gasteiger partial charge in [0.1, 0.15) is 0 Å². The smallest absolute Gasteiger partial charge is 0.0174 e. The van der Waals surface area contributed by atoms with Crippen molar-refractivity contribution in [3.8, 4) is 0 Å². The zero-order valence-electron chi connectivity index (χ0n) is 12.2. The first kappa shape index (κ1) is 13.1. The number of hydrogen-bond donors (Lipinski definition) is 1. The number of nitrogens with zero attached hydrogens (tertiary/aromatic N) is 1. The Hall–Kier alpha value is -0.860. The molecule has 0 aromatic heterocycles. The highest BCUT2D eigenvalue weighted by atomic mass is 15.2. The maximum Gasteiger partial charge on any atom is 0.0174 e. The van der Waals surface area contributed by atoms with Gasteiger partial charge in [-0.3, -0.25) is 4.90 Å². The van der Waals surface area contributed by atoms with Crippen LogP contribution in [-0.4, -0.2) is 30.1 Å². The molecule has 1 aromatic carbocycles. The van der Waals surface area contributed by atoms with Gasteiger partial charge >= 0.3 is 0 Å². The second kappa shape index (κ2) is 5.26. The summed E-state index contributed by atoms with van der Waals surface area (Å²) in [6.07, 6.45) is 5.31. The van der Waals surface area contributed by atoms with Crippen LogP contribution in [0.4, 0.5) is 0 Å². The lowest BCUT2D eigenvalue weighted by atomic mass is 9.83. The molecule has 1 aliphatic carbocycles. The van der Waals surface area contributed by atoms with Crippen LogP contribution in [0.3, 0.4) is 0 Å². The average molecular weight is 258 g/mol. The van der Waals surface area contributed by atoms with Crippen molar-refractivity contribution in [3.05, 3.63) is 34.9 Å². The minimum atomic E-state index is 0.348. The maximum atomic E-state index is 6.30. The summed E-state index contributed by atoms with van der Waals surface area (Å²) < 4.78 is 0. The summed E-state index contributed by atoms with van der Waals surface area (Å²) in [6.45, 7) is 6.71. The Kier molecular flexibility index (Phi) is 3.64. The molecule has 2 atom stereocenters. The topological polar surface area (TPSA) is 29.3 Å². The Morgan fingerprint density at radius 1 is 1.11 bits per heavy atom. The molecule has 19 heavy (non-hydrogen) atoms. The van der Waals surface area contributed by atoms with Crippen LogP contribution in [0.1, 0.15) is 48.3 Å². The van der Waals surface area contributed by atoms with E-state index in [2.05, 4.69) is 36.9 Å². The standard InChI is InChI=1S/C17H26N2/c1-12-6-7-14(8-13(12)2)15-9-16(18)11-19(10-15)17-4-3-5-17/h6-8,15-17H,3-5,9-11,18H2,1-2H3. The maximum absolute atomic E-state index is 6.30. The van der Waals surface area contributed by atoms with Crippen LogP contribution in [0.25, 0.3) is 0 Å². The predicted octanol–water partition coefficient (Wildman–Crippen LogP) is 2.97. The Bertz CT molecular complexity index is 451. The molecule has 2 unspecified atom stereocenters. The molecule has 3 rings (SSSR count). The third-order valence-electron chi connectivity index (χ3n) is 5.10. The van der Waals surface area contributed by atoms with Crippen LogP contribution in [0, 0.1) is 13.8 Å². The molecule has 1 aliphatic heterocycles. The van der Waals surface area contributed by atoms with E-state index in [0.29, 0.717) is 12.0 Å². The molecule has 2 fully saturated rings. The molecular formula is C17H26N2. The van der Waals surface area contributed by atoms with Gasteiger partial charge in [0.05, 0.1) is 0 Å². The Labute approximate surface area is 117 Å². The number of likely N-dealkylation sites (tertiary alicyclic amines) is 1. The molecule has 2 heteroatoms. The summed E-state index contributed by atoms with van der Waals surface area (Å²) in [5.74, 6) is 0.628. The van der Waals surface area contributed by atoms with Crippen molar-refractivity contribution >= 4 is 0 Å². The quantitative estimate of drug-likeness (QED) is 0.883. The summed E-state index contributed by atoms with van der Waals surface area (Å²) in [4.78, 5) is 2.65. The van der Waals surface area contributed by atoms with Gasteiger partial charge in [-0.05, 0) is 55.7 Å². The number of nitrogens with two attached hydrogens (primary N) is 1. The lowest BCUT2D eigenvalue weighted by Crippen LogP contribution is -2.52. The van der Waals surface area contributed by atoms with E-state index in [1.807, 2.05) is 0 Å². The number of piperidine rings is 1. The van der Waals surface area contributed by atoms with Crippen molar-refractivity contribution in [1.29, 1.82) is 0 Å². The predicted molar refractivity (Wildman–Crippen MR) is 80.5 cm³/mol. The molecule has 1 heterocycles. The number of rotatable bonds is 2. The molecule has 104 valence electrons. The summed E-state index contributed by atoms with van der Waals surface area (Å²) in [5, 5.41) is 0. The van der Waals surface area contributed by atoms with E-state index in [-0.39, 0.29) is 0 Å². The van der Waals surface area contributed by atoms with Crippen LogP contribution in [-0.2, 0) is 0 Å². The summed E-state index contributed by atoms with van der Waals surface area (Å²) >= 11 is 0. The van der Waals surface area contributed by atoms with Crippen LogP contribution >= 0.6 is 0 Å². The Balaban J connectivity index is 1.76. The minimum Gasteiger partial charge on any atom is -0.327 e. The van der Waals surface area contributed by atoms with E-state index in [1.54, 1.807) is 0 Å². The van der Waals surface area contributed by atoms with Gasteiger partial charge in [-0.15, -0.1) is 0 Å². The van der Waals surface area contributed by atoms with Crippen molar-refractivity contribution < 1.29 is 0 Å². The highest BCUT2D eigenvalue weighted by Crippen LogP contribution is 2.33. The first-order valence-electron chi connectivity index (χ1n) is 7.70. The van der Waals surface area contributed by atoms with E-state index in [4.69, 9.17) is 5.73 Å². The van der Waals surface area contributed by atoms with Crippen molar-refractivity contribution in [2.45, 2.75) is 57.5 Å². The monoisotopic (exact) mass is 258 g/mol.